The van der Waals surface area contributed by atoms with Gasteiger partial charge in [-0.1, -0.05) is 82.1 Å². The standard InChI is InChI=1S/C84H123N23O19S2/c1-8-9-21-66(83(126)104(5)64(27-30-127-7)77(120)97-56(20-14-28-92-84(89)90)73(116)103-63(72(115)95-40-69(88)112)43-128-44-70(113)96-57(71(114)91-4)32-46-23-25-49(109)26-24-46)105(6)81(124)60(34-48-39-94-55-19-13-11-17-52(48)55)100-76(119)62(42-108)102-74(117)58(33-47-38-93-54-18-12-10-16-51(47)54)98-79(122)67-35-50(110)41-107(67)82(125)59(31-45(2)3)99-75(118)61(37-85)101-78(121)65-22-15-29-106(65)80(123)53(86)36-68(87)111/h10-13,16-19,23-26,38-39,45,50,53,56-67,93-94,108-110H,8-9,14-15,20-22,27-37,40-44,85-86H2,1-7H3,(H2,87,111)(H2,88,112)(H,91,114)(H,95,115)(H,96,113)(H,97,120)(H,98,122)(H,99,118)(H,100,119)(H,101,121)(H,102,117)(H,103,116)(H4,89,90,92)/t50-,53+,56+,57+,58+,59+,60+,61+,62+,63?,64+,65+,66+,67+/m1/s1. The quantitative estimate of drug-likeness (QED) is 0.00989. The highest BCUT2D eigenvalue weighted by molar-refractivity contribution is 8.00. The molecule has 0 bridgehead atoms. The summed E-state index contributed by atoms with van der Waals surface area (Å²) in [6.07, 6.45) is 3.56. The maximum atomic E-state index is 15.7. The van der Waals surface area contributed by atoms with Crippen LogP contribution < -0.4 is 87.2 Å². The number of likely N-dealkylation sites (tertiary alicyclic amines) is 2. The number of β-amino-alcohol motifs (C(OH)–C–C–N with tert-alkyl or cyclic N) is 1. The van der Waals surface area contributed by atoms with Gasteiger partial charge in [-0.3, -0.25) is 82.1 Å². The first-order chi connectivity index (χ1) is 60.9. The smallest absolute Gasteiger partial charge is 0.245 e. The van der Waals surface area contributed by atoms with Crippen molar-refractivity contribution in [3.05, 3.63) is 102 Å². The number of rotatable bonds is 51. The van der Waals surface area contributed by atoms with E-state index in [1.807, 2.05) is 6.92 Å². The predicted octanol–water partition coefficient (Wildman–Crippen LogP) is -4.65. The van der Waals surface area contributed by atoms with Crippen molar-refractivity contribution in [2.45, 2.75) is 195 Å². The van der Waals surface area contributed by atoms with E-state index in [-0.39, 0.29) is 106 Å². The molecule has 16 amide bonds. The minimum Gasteiger partial charge on any atom is -0.508 e. The van der Waals surface area contributed by atoms with E-state index >= 15 is 28.8 Å². The maximum absolute atomic E-state index is 15.7. The van der Waals surface area contributed by atoms with Crippen LogP contribution in [0, 0.1) is 11.3 Å². The number of aliphatic hydroxyl groups excluding tert-OH is 2. The summed E-state index contributed by atoms with van der Waals surface area (Å²) in [6, 6.07) is 1.37. The number of aromatic hydroxyl groups is 1. The summed E-state index contributed by atoms with van der Waals surface area (Å²) in [5.74, 6) is -14.7. The van der Waals surface area contributed by atoms with Gasteiger partial charge >= 0.3 is 0 Å². The molecule has 5 aromatic rings. The highest BCUT2D eigenvalue weighted by Gasteiger charge is 2.46. The lowest BCUT2D eigenvalue weighted by Crippen LogP contribution is -2.62. The first-order valence-electron chi connectivity index (χ1n) is 42.3. The molecule has 0 saturated carbocycles. The van der Waals surface area contributed by atoms with E-state index in [1.54, 1.807) is 93.2 Å². The molecule has 7 rings (SSSR count). The molecule has 700 valence electrons. The van der Waals surface area contributed by atoms with E-state index in [1.165, 1.54) is 49.9 Å². The Balaban J connectivity index is 1.12. The number of primary amides is 2. The van der Waals surface area contributed by atoms with Crippen LogP contribution in [0.15, 0.2) is 85.2 Å². The Morgan fingerprint density at radius 2 is 1.16 bits per heavy atom. The number of carbonyl (C=O) groups is 16. The van der Waals surface area contributed by atoms with Gasteiger partial charge in [-0.15, -0.1) is 11.8 Å². The second kappa shape index (κ2) is 50.4. The van der Waals surface area contributed by atoms with Crippen LogP contribution in [-0.2, 0) is 96.0 Å². The number of phenolic OH excluding ortho intramolecular Hbond substituents is 1. The fourth-order valence-electron chi connectivity index (χ4n) is 15.2. The second-order valence-electron chi connectivity index (χ2n) is 32.1. The van der Waals surface area contributed by atoms with Crippen LogP contribution in [0.5, 0.6) is 5.75 Å². The van der Waals surface area contributed by atoms with Gasteiger partial charge in [0.1, 0.15) is 78.3 Å². The maximum Gasteiger partial charge on any atom is 0.245 e. The summed E-state index contributed by atoms with van der Waals surface area (Å²) in [5, 5.41) is 70.0. The zero-order chi connectivity index (χ0) is 94.2. The molecule has 2 aromatic heterocycles. The number of para-hydroxylation sites is 2. The largest absolute Gasteiger partial charge is 0.508 e. The Kier molecular flexibility index (Phi) is 40.6. The van der Waals surface area contributed by atoms with Gasteiger partial charge in [0, 0.05) is 113 Å². The SMILES string of the molecule is CCCC[C@@H](C(=O)N(C)[C@@H](CCSC)C(=O)N[C@@H](CCCNC(=N)N)C(=O)NC(CSCC(=O)N[C@@H](Cc1ccc(O)cc1)C(=O)NC)C(=O)NCC(N)=O)N(C)C(=O)[C@H](Cc1c[nH]c2ccccc12)NC(=O)[C@H](CO)NC(=O)[C@H](Cc1c[nH]c2ccccc12)NC(=O)[C@@H]1C[C@@H](O)CN1C(=O)[C@H](CC(C)C)NC(=O)[C@H](CN)NC(=O)[C@@H]1CCCN1C(=O)[C@@H](N)CC(N)=O. The van der Waals surface area contributed by atoms with Crippen molar-refractivity contribution >= 4 is 146 Å². The molecule has 2 aliphatic rings. The number of amides is 16. The molecule has 4 heterocycles. The van der Waals surface area contributed by atoms with E-state index in [4.69, 9.17) is 34.1 Å². The van der Waals surface area contributed by atoms with Crippen molar-refractivity contribution < 1.29 is 92.0 Å². The molecular formula is C84H123N23O19S2. The van der Waals surface area contributed by atoms with Gasteiger partial charge in [0.25, 0.3) is 0 Å². The molecule has 27 N–H and O–H groups in total. The number of thioether (sulfide) groups is 2. The number of guanidine groups is 1. The number of nitrogens with one attached hydrogen (secondary N) is 14. The number of phenols is 1. The van der Waals surface area contributed by atoms with Crippen LogP contribution >= 0.6 is 23.5 Å². The third-order valence-electron chi connectivity index (χ3n) is 22.0. The van der Waals surface area contributed by atoms with Crippen molar-refractivity contribution in [1.29, 1.82) is 5.41 Å². The van der Waals surface area contributed by atoms with Gasteiger partial charge < -0.3 is 132 Å². The summed E-state index contributed by atoms with van der Waals surface area (Å²) < 4.78 is 0. The Morgan fingerprint density at radius 1 is 0.602 bits per heavy atom. The zero-order valence-corrected chi connectivity index (χ0v) is 74.5. The van der Waals surface area contributed by atoms with Gasteiger partial charge in [-0.05, 0) is 104 Å². The highest BCUT2D eigenvalue weighted by Crippen LogP contribution is 2.27. The number of aromatic nitrogens is 2. The molecule has 0 aliphatic carbocycles. The zero-order valence-electron chi connectivity index (χ0n) is 72.9. The van der Waals surface area contributed by atoms with E-state index < -0.39 is 218 Å². The first kappa shape index (κ1) is 103. The number of unbranched alkanes of at least 4 members (excludes halogenated alkanes) is 1. The molecular weight excluding hydrogens is 1700 g/mol. The molecule has 0 spiro atoms. The Hall–Kier alpha value is -12.1. The van der Waals surface area contributed by atoms with E-state index in [2.05, 4.69) is 68.5 Å². The average molecular weight is 1820 g/mol. The lowest BCUT2D eigenvalue weighted by atomic mass is 10.0. The van der Waals surface area contributed by atoms with Crippen molar-refractivity contribution in [2.24, 2.45) is 34.6 Å². The molecule has 0 radical (unpaired) electrons. The summed E-state index contributed by atoms with van der Waals surface area (Å²) in [5.41, 5.74) is 31.1. The monoisotopic (exact) mass is 1820 g/mol. The lowest BCUT2D eigenvalue weighted by molar-refractivity contribution is -0.149. The number of benzene rings is 3. The number of nitrogens with two attached hydrogens (primary N) is 5. The van der Waals surface area contributed by atoms with Gasteiger partial charge in [0.05, 0.1) is 37.5 Å². The molecule has 2 saturated heterocycles. The highest BCUT2D eigenvalue weighted by atomic mass is 32.2. The summed E-state index contributed by atoms with van der Waals surface area (Å²) in [4.78, 5) is 237. The van der Waals surface area contributed by atoms with Gasteiger partial charge in [-0.25, -0.2) is 0 Å². The van der Waals surface area contributed by atoms with E-state index in [9.17, 15) is 63.3 Å². The van der Waals surface area contributed by atoms with Crippen LogP contribution in [0.25, 0.3) is 21.8 Å². The molecule has 2 aliphatic heterocycles. The van der Waals surface area contributed by atoms with E-state index in [0.29, 0.717) is 57.8 Å². The van der Waals surface area contributed by atoms with Crippen molar-refractivity contribution in [3.63, 3.8) is 0 Å². The minimum absolute atomic E-state index is 0.00417. The van der Waals surface area contributed by atoms with Crippen LogP contribution in [-0.4, -0.2) is 314 Å². The Morgan fingerprint density at radius 3 is 1.76 bits per heavy atom. The molecule has 3 aromatic carbocycles. The van der Waals surface area contributed by atoms with Crippen LogP contribution in [0.3, 0.4) is 0 Å². The number of aliphatic hydroxyl groups is 2. The topological polar surface area (TPSA) is 665 Å². The number of carbonyl (C=O) groups excluding carboxylic acids is 16. The number of H-pyrrole nitrogens is 2. The number of likely N-dealkylation sites (N-methyl/N-ethyl adjacent to an activating group) is 3. The third kappa shape index (κ3) is 30.0. The van der Waals surface area contributed by atoms with Gasteiger partial charge in [0.15, 0.2) is 5.96 Å². The fraction of sp³-hybridized carbons (Fsp3) is 0.536. The van der Waals surface area contributed by atoms with Crippen molar-refractivity contribution in [2.75, 3.05) is 84.0 Å². The van der Waals surface area contributed by atoms with Crippen molar-refractivity contribution in [1.82, 2.24) is 88.1 Å². The average Bonchev–Trinajstić information content (AvgIpc) is 1.67. The molecule has 2 fully saturated rings. The molecule has 44 heteroatoms. The van der Waals surface area contributed by atoms with Crippen molar-refractivity contribution in [3.8, 4) is 5.75 Å². The number of aromatic amines is 2. The molecule has 42 nitrogen and oxygen atoms in total. The second-order valence-corrected chi connectivity index (χ2v) is 34.1. The first-order valence-corrected chi connectivity index (χ1v) is 44.9. The summed E-state index contributed by atoms with van der Waals surface area (Å²) >= 11 is 2.20. The normalized spacial score (nSPS) is 16.8. The molecule has 1 unspecified atom stereocenters. The summed E-state index contributed by atoms with van der Waals surface area (Å²) in [6.45, 7) is 2.85. The minimum atomic E-state index is -1.88. The van der Waals surface area contributed by atoms with Crippen LogP contribution in [0.4, 0.5) is 0 Å². The molecule has 128 heavy (non-hydrogen) atoms. The lowest BCUT2D eigenvalue weighted by Gasteiger charge is -2.36. The Bertz CT molecular complexity index is 4730. The van der Waals surface area contributed by atoms with E-state index in [0.717, 1.165) is 26.5 Å². The van der Waals surface area contributed by atoms with Gasteiger partial charge in [0.2, 0.25) is 94.5 Å². The van der Waals surface area contributed by atoms with Crippen LogP contribution in [0.2, 0.25) is 0 Å². The summed E-state index contributed by atoms with van der Waals surface area (Å²) in [7, 11) is 4.07. The fourth-order valence-corrected chi connectivity index (χ4v) is 16.5. The number of fused-ring (bicyclic) bond motifs is 2. The third-order valence-corrected chi connectivity index (χ3v) is 23.7. The number of hydrogen-bond donors (Lipinski definition) is 22. The molecule has 14 atom stereocenters. The number of hydrogen-bond acceptors (Lipinski definition) is 24. The predicted molar refractivity (Wildman–Crippen MR) is 478 cm³/mol. The van der Waals surface area contributed by atoms with Crippen LogP contribution in [0.1, 0.15) is 108 Å². The Labute approximate surface area is 749 Å². The number of nitrogens with zero attached hydrogens (tertiary/aromatic N) is 4. The van der Waals surface area contributed by atoms with Gasteiger partial charge in [-0.2, -0.15) is 11.8 Å².